The van der Waals surface area contributed by atoms with Crippen molar-refractivity contribution in [1.29, 1.82) is 0 Å². The molecular formula is C12H16O4. The Morgan fingerprint density at radius 1 is 1.38 bits per heavy atom. The Morgan fingerprint density at radius 3 is 2.81 bits per heavy atom. The molecule has 2 rings (SSSR count). The molecule has 0 saturated carbocycles. The maximum absolute atomic E-state index is 9.22. The molecule has 1 aromatic carbocycles. The molecule has 4 heteroatoms. The molecule has 0 saturated heterocycles. The summed E-state index contributed by atoms with van der Waals surface area (Å²) in [6, 6.07) is 3.69. The van der Waals surface area contributed by atoms with Crippen molar-refractivity contribution >= 4 is 0 Å². The van der Waals surface area contributed by atoms with E-state index in [0.717, 1.165) is 17.1 Å². The van der Waals surface area contributed by atoms with E-state index in [1.54, 1.807) is 7.11 Å². The van der Waals surface area contributed by atoms with Crippen LogP contribution in [-0.4, -0.2) is 32.0 Å². The van der Waals surface area contributed by atoms with Crippen molar-refractivity contribution in [2.24, 2.45) is 0 Å². The van der Waals surface area contributed by atoms with Crippen LogP contribution < -0.4 is 14.2 Å². The van der Waals surface area contributed by atoms with E-state index in [1.165, 1.54) is 0 Å². The van der Waals surface area contributed by atoms with Crippen molar-refractivity contribution < 1.29 is 19.3 Å². The van der Waals surface area contributed by atoms with Crippen molar-refractivity contribution in [2.75, 3.05) is 26.9 Å². The van der Waals surface area contributed by atoms with E-state index in [1.807, 2.05) is 19.1 Å². The second-order valence-electron chi connectivity index (χ2n) is 3.82. The summed E-state index contributed by atoms with van der Waals surface area (Å²) in [5.41, 5.74) is 0.927. The average Bonchev–Trinajstić information content (AvgIpc) is 2.36. The van der Waals surface area contributed by atoms with Crippen LogP contribution in [0.1, 0.15) is 18.4 Å². The standard InChI is InChI=1S/C12H16O4/c1-8(7-13)10-5-9(14-2)6-11-12(10)16-4-3-15-11/h5-6,8,13H,3-4,7H2,1-2H3. The number of fused-ring (bicyclic) bond motifs is 1. The van der Waals surface area contributed by atoms with Gasteiger partial charge in [-0.3, -0.25) is 0 Å². The molecule has 1 aromatic rings. The van der Waals surface area contributed by atoms with Gasteiger partial charge in [-0.05, 0) is 6.07 Å². The minimum Gasteiger partial charge on any atom is -0.497 e. The van der Waals surface area contributed by atoms with Crippen molar-refractivity contribution in [3.63, 3.8) is 0 Å². The molecule has 0 aliphatic carbocycles. The van der Waals surface area contributed by atoms with E-state index >= 15 is 0 Å². The Balaban J connectivity index is 2.47. The quantitative estimate of drug-likeness (QED) is 0.846. The van der Waals surface area contributed by atoms with Gasteiger partial charge in [0, 0.05) is 24.2 Å². The van der Waals surface area contributed by atoms with Gasteiger partial charge >= 0.3 is 0 Å². The smallest absolute Gasteiger partial charge is 0.165 e. The zero-order chi connectivity index (χ0) is 11.5. The minimum atomic E-state index is 0.00514. The molecular weight excluding hydrogens is 208 g/mol. The molecule has 1 aliphatic heterocycles. The van der Waals surface area contributed by atoms with E-state index in [0.29, 0.717) is 19.0 Å². The molecule has 88 valence electrons. The highest BCUT2D eigenvalue weighted by Gasteiger charge is 2.21. The van der Waals surface area contributed by atoms with Crippen LogP contribution in [0.3, 0.4) is 0 Å². The van der Waals surface area contributed by atoms with Gasteiger partial charge in [-0.2, -0.15) is 0 Å². The van der Waals surface area contributed by atoms with Crippen LogP contribution in [0, 0.1) is 0 Å². The largest absolute Gasteiger partial charge is 0.497 e. The number of hydrogen-bond donors (Lipinski definition) is 1. The highest BCUT2D eigenvalue weighted by Crippen LogP contribution is 2.40. The maximum Gasteiger partial charge on any atom is 0.165 e. The topological polar surface area (TPSA) is 47.9 Å². The van der Waals surface area contributed by atoms with Crippen molar-refractivity contribution in [1.82, 2.24) is 0 Å². The summed E-state index contributed by atoms with van der Waals surface area (Å²) in [4.78, 5) is 0. The predicted molar refractivity (Wildman–Crippen MR) is 59.5 cm³/mol. The number of methoxy groups -OCH3 is 1. The summed E-state index contributed by atoms with van der Waals surface area (Å²) in [5, 5.41) is 9.22. The second-order valence-corrected chi connectivity index (χ2v) is 3.82. The number of ether oxygens (including phenoxy) is 3. The first kappa shape index (κ1) is 11.1. The highest BCUT2D eigenvalue weighted by atomic mass is 16.6. The van der Waals surface area contributed by atoms with Crippen LogP contribution in [0.25, 0.3) is 0 Å². The number of rotatable bonds is 3. The van der Waals surface area contributed by atoms with Crippen LogP contribution >= 0.6 is 0 Å². The third-order valence-corrected chi connectivity index (χ3v) is 2.68. The molecule has 0 radical (unpaired) electrons. The lowest BCUT2D eigenvalue weighted by molar-refractivity contribution is 0.166. The van der Waals surface area contributed by atoms with Crippen LogP contribution in [0.5, 0.6) is 17.2 Å². The third kappa shape index (κ3) is 1.93. The number of aliphatic hydroxyl groups is 1. The van der Waals surface area contributed by atoms with Crippen molar-refractivity contribution in [3.8, 4) is 17.2 Å². The molecule has 1 heterocycles. The van der Waals surface area contributed by atoms with Gasteiger partial charge in [-0.25, -0.2) is 0 Å². The number of benzene rings is 1. The van der Waals surface area contributed by atoms with Gasteiger partial charge in [0.05, 0.1) is 7.11 Å². The van der Waals surface area contributed by atoms with Crippen LogP contribution in [0.15, 0.2) is 12.1 Å². The zero-order valence-corrected chi connectivity index (χ0v) is 9.53. The zero-order valence-electron chi connectivity index (χ0n) is 9.53. The lowest BCUT2D eigenvalue weighted by Gasteiger charge is -2.23. The minimum absolute atomic E-state index is 0.00514. The fraction of sp³-hybridized carbons (Fsp3) is 0.500. The van der Waals surface area contributed by atoms with Crippen LogP contribution in [0.4, 0.5) is 0 Å². The van der Waals surface area contributed by atoms with Gasteiger partial charge in [-0.1, -0.05) is 6.92 Å². The van der Waals surface area contributed by atoms with E-state index in [2.05, 4.69) is 0 Å². The molecule has 1 atom stereocenters. The first-order valence-electron chi connectivity index (χ1n) is 5.34. The SMILES string of the molecule is COc1cc2c(c(C(C)CO)c1)OCCO2. The summed E-state index contributed by atoms with van der Waals surface area (Å²) in [6.07, 6.45) is 0. The molecule has 0 bridgehead atoms. The van der Waals surface area contributed by atoms with E-state index in [4.69, 9.17) is 14.2 Å². The van der Waals surface area contributed by atoms with E-state index in [9.17, 15) is 5.11 Å². The first-order chi connectivity index (χ1) is 7.76. The monoisotopic (exact) mass is 224 g/mol. The Hall–Kier alpha value is -1.42. The Kier molecular flexibility index (Phi) is 3.19. The van der Waals surface area contributed by atoms with Crippen LogP contribution in [-0.2, 0) is 0 Å². The first-order valence-corrected chi connectivity index (χ1v) is 5.34. The summed E-state index contributed by atoms with van der Waals surface area (Å²) in [7, 11) is 1.61. The average molecular weight is 224 g/mol. The Bertz CT molecular complexity index is 376. The van der Waals surface area contributed by atoms with Crippen molar-refractivity contribution in [3.05, 3.63) is 17.7 Å². The molecule has 0 amide bonds. The molecule has 16 heavy (non-hydrogen) atoms. The summed E-state index contributed by atoms with van der Waals surface area (Å²) >= 11 is 0. The van der Waals surface area contributed by atoms with E-state index in [-0.39, 0.29) is 12.5 Å². The lowest BCUT2D eigenvalue weighted by atomic mass is 10.00. The second kappa shape index (κ2) is 4.61. The predicted octanol–water partition coefficient (Wildman–Crippen LogP) is 1.56. The molecule has 0 fully saturated rings. The fourth-order valence-electron chi connectivity index (χ4n) is 1.74. The third-order valence-electron chi connectivity index (χ3n) is 2.68. The lowest BCUT2D eigenvalue weighted by Crippen LogP contribution is -2.17. The molecule has 4 nitrogen and oxygen atoms in total. The van der Waals surface area contributed by atoms with E-state index < -0.39 is 0 Å². The fourth-order valence-corrected chi connectivity index (χ4v) is 1.74. The van der Waals surface area contributed by atoms with Gasteiger partial charge in [0.2, 0.25) is 0 Å². The molecule has 0 spiro atoms. The van der Waals surface area contributed by atoms with Gasteiger partial charge in [0.25, 0.3) is 0 Å². The number of aliphatic hydroxyl groups excluding tert-OH is 1. The van der Waals surface area contributed by atoms with Crippen LogP contribution in [0.2, 0.25) is 0 Å². The maximum atomic E-state index is 9.22. The van der Waals surface area contributed by atoms with Gasteiger partial charge < -0.3 is 19.3 Å². The molecule has 1 aliphatic rings. The van der Waals surface area contributed by atoms with Crippen molar-refractivity contribution in [2.45, 2.75) is 12.8 Å². The molecule has 0 aromatic heterocycles. The van der Waals surface area contributed by atoms with Gasteiger partial charge in [0.15, 0.2) is 11.5 Å². The Labute approximate surface area is 94.8 Å². The highest BCUT2D eigenvalue weighted by molar-refractivity contribution is 5.53. The van der Waals surface area contributed by atoms with Gasteiger partial charge in [0.1, 0.15) is 19.0 Å². The molecule has 1 unspecified atom stereocenters. The summed E-state index contributed by atoms with van der Waals surface area (Å²) in [5.74, 6) is 2.15. The van der Waals surface area contributed by atoms with Gasteiger partial charge in [-0.15, -0.1) is 0 Å². The summed E-state index contributed by atoms with van der Waals surface area (Å²) < 4.78 is 16.3. The molecule has 1 N–H and O–H groups in total. The summed E-state index contributed by atoms with van der Waals surface area (Å²) in [6.45, 7) is 3.10. The number of hydrogen-bond acceptors (Lipinski definition) is 4. The Morgan fingerprint density at radius 2 is 2.12 bits per heavy atom. The normalized spacial score (nSPS) is 15.7.